The number of aliphatic hydroxyl groups excluding tert-OH is 1. The molecule has 1 aliphatic heterocycles. The molecule has 2 rings (SSSR count). The Hall–Kier alpha value is -1.44. The molecule has 0 bridgehead atoms. The van der Waals surface area contributed by atoms with Gasteiger partial charge < -0.3 is 20.3 Å². The zero-order valence-corrected chi connectivity index (χ0v) is 10.4. The second-order valence-corrected chi connectivity index (χ2v) is 4.39. The number of methoxy groups -OCH3 is 1. The number of rotatable bonds is 3. The van der Waals surface area contributed by atoms with Crippen molar-refractivity contribution in [3.63, 3.8) is 0 Å². The summed E-state index contributed by atoms with van der Waals surface area (Å²) in [5.74, 6) is 0.211. The minimum absolute atomic E-state index is 0.211. The number of nitrogen functional groups attached to an aromatic ring is 1. The summed E-state index contributed by atoms with van der Waals surface area (Å²) in [6.07, 6.45) is 0.319. The van der Waals surface area contributed by atoms with Gasteiger partial charge in [0.25, 0.3) is 0 Å². The first-order valence-corrected chi connectivity index (χ1v) is 5.70. The molecule has 1 aliphatic rings. The van der Waals surface area contributed by atoms with Crippen LogP contribution < -0.4 is 11.4 Å². The average molecular weight is 255 g/mol. The van der Waals surface area contributed by atoms with Crippen molar-refractivity contribution < 1.29 is 14.6 Å². The number of ether oxygens (including phenoxy) is 2. The maximum atomic E-state index is 11.7. The van der Waals surface area contributed by atoms with E-state index in [2.05, 4.69) is 4.98 Å². The Morgan fingerprint density at radius 3 is 3.11 bits per heavy atom. The number of anilines is 1. The van der Waals surface area contributed by atoms with Crippen molar-refractivity contribution in [2.24, 2.45) is 0 Å². The van der Waals surface area contributed by atoms with E-state index < -0.39 is 24.1 Å². The van der Waals surface area contributed by atoms with Crippen LogP contribution in [0.2, 0.25) is 0 Å². The molecule has 18 heavy (non-hydrogen) atoms. The van der Waals surface area contributed by atoms with Crippen molar-refractivity contribution in [2.75, 3.05) is 19.5 Å². The highest BCUT2D eigenvalue weighted by Crippen LogP contribution is 2.28. The van der Waals surface area contributed by atoms with Gasteiger partial charge >= 0.3 is 5.69 Å². The van der Waals surface area contributed by atoms with Gasteiger partial charge in [-0.1, -0.05) is 0 Å². The fourth-order valence-corrected chi connectivity index (χ4v) is 1.99. The van der Waals surface area contributed by atoms with E-state index in [1.165, 1.54) is 11.7 Å². The number of aliphatic hydroxyl groups is 1. The number of nitrogens with zero attached hydrogens (tertiary/aromatic N) is 2. The molecule has 0 aromatic carbocycles. The van der Waals surface area contributed by atoms with Crippen molar-refractivity contribution in [1.82, 2.24) is 9.55 Å². The van der Waals surface area contributed by atoms with E-state index in [9.17, 15) is 9.90 Å². The van der Waals surface area contributed by atoms with Gasteiger partial charge in [-0.15, -0.1) is 0 Å². The third-order valence-electron chi connectivity index (χ3n) is 3.02. The first-order valence-electron chi connectivity index (χ1n) is 5.70. The fourth-order valence-electron chi connectivity index (χ4n) is 1.99. The molecule has 7 nitrogen and oxygen atoms in total. The van der Waals surface area contributed by atoms with E-state index in [0.717, 1.165) is 0 Å². The molecule has 0 amide bonds. The van der Waals surface area contributed by atoms with Gasteiger partial charge in [0.1, 0.15) is 18.1 Å². The molecule has 1 fully saturated rings. The van der Waals surface area contributed by atoms with Crippen LogP contribution in [-0.2, 0) is 9.47 Å². The summed E-state index contributed by atoms with van der Waals surface area (Å²) in [6, 6.07) is 0. The van der Waals surface area contributed by atoms with Crippen molar-refractivity contribution in [3.8, 4) is 0 Å². The van der Waals surface area contributed by atoms with Crippen molar-refractivity contribution in [2.45, 2.75) is 31.8 Å². The van der Waals surface area contributed by atoms with Crippen LogP contribution in [0, 0.1) is 6.92 Å². The number of hydrogen-bond acceptors (Lipinski definition) is 6. The second-order valence-electron chi connectivity index (χ2n) is 4.39. The smallest absolute Gasteiger partial charge is 0.351 e. The van der Waals surface area contributed by atoms with Crippen LogP contribution in [0.4, 0.5) is 5.82 Å². The molecular formula is C11H17N3O4. The highest BCUT2D eigenvalue weighted by Gasteiger charge is 2.35. The van der Waals surface area contributed by atoms with Gasteiger partial charge in [0.05, 0.1) is 12.7 Å². The van der Waals surface area contributed by atoms with E-state index in [4.69, 9.17) is 15.2 Å². The van der Waals surface area contributed by atoms with Crippen LogP contribution in [-0.4, -0.2) is 40.6 Å². The molecule has 7 heteroatoms. The molecule has 0 aliphatic carbocycles. The van der Waals surface area contributed by atoms with Crippen LogP contribution in [0.3, 0.4) is 0 Å². The SMILES string of the molecule is COC[C@H]1O[C@@H](n2cc(C)c(N)nc2=O)C[C@H]1O. The molecule has 0 radical (unpaired) electrons. The number of aryl methyl sites for hydroxylation is 1. The van der Waals surface area contributed by atoms with E-state index in [-0.39, 0.29) is 12.4 Å². The Labute approximate surface area is 104 Å². The quantitative estimate of drug-likeness (QED) is 0.750. The first kappa shape index (κ1) is 13.0. The van der Waals surface area contributed by atoms with Gasteiger partial charge in [0.2, 0.25) is 0 Å². The summed E-state index contributed by atoms with van der Waals surface area (Å²) >= 11 is 0. The average Bonchev–Trinajstić information content (AvgIpc) is 2.66. The second kappa shape index (κ2) is 5.05. The monoisotopic (exact) mass is 255 g/mol. The Bertz CT molecular complexity index is 488. The largest absolute Gasteiger partial charge is 0.390 e. The number of nitrogens with two attached hydrogens (primary N) is 1. The molecular weight excluding hydrogens is 238 g/mol. The van der Waals surface area contributed by atoms with Gasteiger partial charge in [-0.25, -0.2) is 4.79 Å². The molecule has 0 saturated carbocycles. The third kappa shape index (κ3) is 2.38. The van der Waals surface area contributed by atoms with Gasteiger partial charge in [0, 0.05) is 25.3 Å². The van der Waals surface area contributed by atoms with Crippen LogP contribution in [0.5, 0.6) is 0 Å². The van der Waals surface area contributed by atoms with Crippen LogP contribution in [0.15, 0.2) is 11.0 Å². The predicted octanol–water partition coefficient (Wildman–Crippen LogP) is -0.571. The highest BCUT2D eigenvalue weighted by atomic mass is 16.6. The summed E-state index contributed by atoms with van der Waals surface area (Å²) in [5.41, 5.74) is 5.77. The third-order valence-corrected chi connectivity index (χ3v) is 3.02. The predicted molar refractivity (Wildman–Crippen MR) is 64.1 cm³/mol. The van der Waals surface area contributed by atoms with Gasteiger partial charge in [-0.3, -0.25) is 4.57 Å². The Kier molecular flexibility index (Phi) is 3.65. The zero-order valence-electron chi connectivity index (χ0n) is 10.4. The first-order chi connectivity index (χ1) is 8.52. The van der Waals surface area contributed by atoms with Crippen molar-refractivity contribution >= 4 is 5.82 Å². The molecule has 1 aromatic rings. The summed E-state index contributed by atoms with van der Waals surface area (Å²) in [5, 5.41) is 9.80. The number of hydrogen-bond donors (Lipinski definition) is 2. The Morgan fingerprint density at radius 1 is 1.72 bits per heavy atom. The molecule has 0 unspecified atom stereocenters. The van der Waals surface area contributed by atoms with Crippen molar-refractivity contribution in [3.05, 3.63) is 22.2 Å². The fraction of sp³-hybridized carbons (Fsp3) is 0.636. The molecule has 0 spiro atoms. The van der Waals surface area contributed by atoms with Crippen molar-refractivity contribution in [1.29, 1.82) is 0 Å². The summed E-state index contributed by atoms with van der Waals surface area (Å²) < 4.78 is 11.9. The number of aromatic nitrogens is 2. The minimum atomic E-state index is -0.653. The Balaban J connectivity index is 2.24. The standard InChI is InChI=1S/C11H17N3O4/c1-6-4-14(11(16)13-10(6)12)9-3-7(15)8(18-9)5-17-2/h4,7-9,15H,3,5H2,1-2H3,(H2,12,13,16)/t7-,8-,9-/m1/s1. The molecule has 100 valence electrons. The minimum Gasteiger partial charge on any atom is -0.390 e. The molecule has 3 N–H and O–H groups in total. The molecule has 1 saturated heterocycles. The zero-order chi connectivity index (χ0) is 13.3. The van der Waals surface area contributed by atoms with Gasteiger partial charge in [-0.05, 0) is 6.92 Å². The van der Waals surface area contributed by atoms with Crippen LogP contribution in [0.1, 0.15) is 18.2 Å². The van der Waals surface area contributed by atoms with Crippen LogP contribution >= 0.6 is 0 Å². The van der Waals surface area contributed by atoms with Gasteiger partial charge in [0.15, 0.2) is 0 Å². The molecule has 1 aromatic heterocycles. The normalized spacial score (nSPS) is 27.6. The maximum Gasteiger partial charge on any atom is 0.351 e. The Morgan fingerprint density at radius 2 is 2.44 bits per heavy atom. The summed E-state index contributed by atoms with van der Waals surface area (Å²) in [6.45, 7) is 2.05. The topological polar surface area (TPSA) is 99.6 Å². The molecule has 2 heterocycles. The van der Waals surface area contributed by atoms with E-state index in [1.807, 2.05) is 0 Å². The lowest BCUT2D eigenvalue weighted by atomic mass is 10.2. The lowest BCUT2D eigenvalue weighted by molar-refractivity contribution is -0.0547. The van der Waals surface area contributed by atoms with Crippen LogP contribution in [0.25, 0.3) is 0 Å². The van der Waals surface area contributed by atoms with E-state index in [1.54, 1.807) is 13.1 Å². The van der Waals surface area contributed by atoms with E-state index in [0.29, 0.717) is 12.0 Å². The molecule has 3 atom stereocenters. The highest BCUT2D eigenvalue weighted by molar-refractivity contribution is 5.35. The maximum absolute atomic E-state index is 11.7. The van der Waals surface area contributed by atoms with Gasteiger partial charge in [-0.2, -0.15) is 4.98 Å². The summed E-state index contributed by atoms with van der Waals surface area (Å²) in [4.78, 5) is 15.4. The summed E-state index contributed by atoms with van der Waals surface area (Å²) in [7, 11) is 1.53. The lowest BCUT2D eigenvalue weighted by Gasteiger charge is -2.16. The lowest BCUT2D eigenvalue weighted by Crippen LogP contribution is -2.29. The van der Waals surface area contributed by atoms with E-state index >= 15 is 0 Å².